The number of rotatable bonds is 2. The molecule has 0 unspecified atom stereocenters. The molecular formula is C11H17BrIN3S. The summed E-state index contributed by atoms with van der Waals surface area (Å²) < 4.78 is 1.12. The SMILES string of the molecule is I.NC(=NCc1cc(Br)cs1)N1CCCCC1. The average molecular weight is 430 g/mol. The Morgan fingerprint density at radius 3 is 2.71 bits per heavy atom. The molecule has 1 saturated heterocycles. The van der Waals surface area contributed by atoms with Gasteiger partial charge in [0.15, 0.2) is 5.96 Å². The van der Waals surface area contributed by atoms with Crippen LogP contribution < -0.4 is 5.73 Å². The monoisotopic (exact) mass is 429 g/mol. The molecule has 1 fully saturated rings. The maximum absolute atomic E-state index is 5.97. The van der Waals surface area contributed by atoms with E-state index in [4.69, 9.17) is 5.73 Å². The van der Waals surface area contributed by atoms with Crippen molar-refractivity contribution in [3.05, 3.63) is 20.8 Å². The minimum atomic E-state index is 0. The third kappa shape index (κ3) is 4.75. The van der Waals surface area contributed by atoms with E-state index in [1.807, 2.05) is 0 Å². The van der Waals surface area contributed by atoms with Crippen LogP contribution in [0.2, 0.25) is 0 Å². The first-order valence-corrected chi connectivity index (χ1v) is 7.21. The highest BCUT2D eigenvalue weighted by molar-refractivity contribution is 14.0. The van der Waals surface area contributed by atoms with Crippen LogP contribution in [-0.2, 0) is 6.54 Å². The number of hydrogen-bond acceptors (Lipinski definition) is 2. The van der Waals surface area contributed by atoms with Gasteiger partial charge in [0.25, 0.3) is 0 Å². The number of aliphatic imine (C=N–C) groups is 1. The second kappa shape index (κ2) is 7.58. The van der Waals surface area contributed by atoms with Gasteiger partial charge in [-0.15, -0.1) is 35.3 Å². The van der Waals surface area contributed by atoms with E-state index in [9.17, 15) is 0 Å². The number of halogens is 2. The van der Waals surface area contributed by atoms with Gasteiger partial charge < -0.3 is 10.6 Å². The van der Waals surface area contributed by atoms with Gasteiger partial charge in [-0.3, -0.25) is 0 Å². The topological polar surface area (TPSA) is 41.6 Å². The second-order valence-electron chi connectivity index (χ2n) is 3.95. The number of nitrogens with two attached hydrogens (primary N) is 1. The van der Waals surface area contributed by atoms with E-state index in [0.29, 0.717) is 12.5 Å². The van der Waals surface area contributed by atoms with Crippen LogP contribution in [0.25, 0.3) is 0 Å². The van der Waals surface area contributed by atoms with E-state index in [1.54, 1.807) is 11.3 Å². The zero-order valence-corrected chi connectivity index (χ0v) is 14.3. The molecule has 0 aromatic carbocycles. The number of piperidine rings is 1. The van der Waals surface area contributed by atoms with Crippen LogP contribution >= 0.6 is 51.2 Å². The molecule has 1 aromatic rings. The first-order chi connectivity index (χ1) is 7.75. The highest BCUT2D eigenvalue weighted by atomic mass is 127. The summed E-state index contributed by atoms with van der Waals surface area (Å²) in [4.78, 5) is 7.87. The molecule has 6 heteroatoms. The number of guanidine groups is 1. The largest absolute Gasteiger partial charge is 0.370 e. The van der Waals surface area contributed by atoms with E-state index >= 15 is 0 Å². The summed E-state index contributed by atoms with van der Waals surface area (Å²) in [5, 5.41) is 2.07. The van der Waals surface area contributed by atoms with Crippen molar-refractivity contribution >= 4 is 57.2 Å². The molecule has 0 bridgehead atoms. The van der Waals surface area contributed by atoms with E-state index in [2.05, 4.69) is 37.3 Å². The van der Waals surface area contributed by atoms with Gasteiger partial charge in [-0.2, -0.15) is 0 Å². The molecule has 2 heterocycles. The van der Waals surface area contributed by atoms with Crippen LogP contribution in [0.3, 0.4) is 0 Å². The maximum Gasteiger partial charge on any atom is 0.191 e. The predicted molar refractivity (Wildman–Crippen MR) is 88.2 cm³/mol. The molecule has 17 heavy (non-hydrogen) atoms. The van der Waals surface area contributed by atoms with Crippen molar-refractivity contribution in [1.82, 2.24) is 4.90 Å². The number of hydrogen-bond donors (Lipinski definition) is 1. The van der Waals surface area contributed by atoms with Crippen molar-refractivity contribution in [2.24, 2.45) is 10.7 Å². The first-order valence-electron chi connectivity index (χ1n) is 5.53. The van der Waals surface area contributed by atoms with Crippen LogP contribution in [0.4, 0.5) is 0 Å². The molecule has 0 atom stereocenters. The van der Waals surface area contributed by atoms with Crippen LogP contribution in [0.15, 0.2) is 20.9 Å². The Balaban J connectivity index is 0.00000144. The van der Waals surface area contributed by atoms with Crippen LogP contribution in [0, 0.1) is 0 Å². The summed E-state index contributed by atoms with van der Waals surface area (Å²) in [6.45, 7) is 2.81. The van der Waals surface area contributed by atoms with Crippen molar-refractivity contribution in [2.75, 3.05) is 13.1 Å². The predicted octanol–water partition coefficient (Wildman–Crippen LogP) is 3.43. The van der Waals surface area contributed by atoms with Gasteiger partial charge >= 0.3 is 0 Å². The smallest absolute Gasteiger partial charge is 0.191 e. The first kappa shape index (κ1) is 15.2. The Morgan fingerprint density at radius 2 is 2.12 bits per heavy atom. The quantitative estimate of drug-likeness (QED) is 0.444. The summed E-state index contributed by atoms with van der Waals surface area (Å²) >= 11 is 5.15. The minimum Gasteiger partial charge on any atom is -0.370 e. The fourth-order valence-electron chi connectivity index (χ4n) is 1.82. The lowest BCUT2D eigenvalue weighted by Gasteiger charge is -2.27. The molecule has 96 valence electrons. The van der Waals surface area contributed by atoms with Crippen molar-refractivity contribution in [3.63, 3.8) is 0 Å². The van der Waals surface area contributed by atoms with Gasteiger partial charge in [0.1, 0.15) is 0 Å². The van der Waals surface area contributed by atoms with Gasteiger partial charge in [0.2, 0.25) is 0 Å². The molecule has 0 spiro atoms. The minimum absolute atomic E-state index is 0. The zero-order chi connectivity index (χ0) is 11.4. The highest BCUT2D eigenvalue weighted by Crippen LogP contribution is 2.20. The van der Waals surface area contributed by atoms with E-state index in [-0.39, 0.29) is 24.0 Å². The van der Waals surface area contributed by atoms with Gasteiger partial charge in [-0.05, 0) is 41.3 Å². The zero-order valence-electron chi connectivity index (χ0n) is 9.56. The molecular weight excluding hydrogens is 413 g/mol. The maximum atomic E-state index is 5.97. The summed E-state index contributed by atoms with van der Waals surface area (Å²) in [6.07, 6.45) is 3.79. The van der Waals surface area contributed by atoms with E-state index in [0.717, 1.165) is 17.6 Å². The molecule has 0 radical (unpaired) electrons. The molecule has 2 rings (SSSR count). The van der Waals surface area contributed by atoms with Crippen LogP contribution in [0.1, 0.15) is 24.1 Å². The van der Waals surface area contributed by atoms with Gasteiger partial charge in [0.05, 0.1) is 6.54 Å². The van der Waals surface area contributed by atoms with Crippen molar-refractivity contribution in [3.8, 4) is 0 Å². The Morgan fingerprint density at radius 1 is 1.41 bits per heavy atom. The molecule has 0 saturated carbocycles. The molecule has 1 aliphatic rings. The molecule has 2 N–H and O–H groups in total. The fraction of sp³-hybridized carbons (Fsp3) is 0.545. The normalized spacial score (nSPS) is 16.8. The van der Waals surface area contributed by atoms with Gasteiger partial charge in [0, 0.05) is 27.8 Å². The standard InChI is InChI=1S/C11H16BrN3S.HI/c12-9-6-10(16-8-9)7-14-11(13)15-4-2-1-3-5-15;/h6,8H,1-5,7H2,(H2,13,14);1H. The third-order valence-corrected chi connectivity index (χ3v) is 4.38. The lowest BCUT2D eigenvalue weighted by molar-refractivity contribution is 0.338. The second-order valence-corrected chi connectivity index (χ2v) is 5.86. The summed E-state index contributed by atoms with van der Waals surface area (Å²) in [7, 11) is 0. The molecule has 1 aliphatic heterocycles. The highest BCUT2D eigenvalue weighted by Gasteiger charge is 2.11. The summed E-state index contributed by atoms with van der Waals surface area (Å²) in [5.74, 6) is 0.698. The lowest BCUT2D eigenvalue weighted by atomic mass is 10.1. The Kier molecular flexibility index (Phi) is 6.79. The van der Waals surface area contributed by atoms with Gasteiger partial charge in [-0.25, -0.2) is 4.99 Å². The van der Waals surface area contributed by atoms with E-state index in [1.165, 1.54) is 24.1 Å². The molecule has 1 aromatic heterocycles. The fourth-order valence-corrected chi connectivity index (χ4v) is 3.19. The summed E-state index contributed by atoms with van der Waals surface area (Å²) in [6, 6.07) is 2.09. The van der Waals surface area contributed by atoms with Gasteiger partial charge in [-0.1, -0.05) is 0 Å². The number of nitrogens with zero attached hydrogens (tertiary/aromatic N) is 2. The van der Waals surface area contributed by atoms with Crippen molar-refractivity contribution < 1.29 is 0 Å². The number of likely N-dealkylation sites (tertiary alicyclic amines) is 1. The lowest BCUT2D eigenvalue weighted by Crippen LogP contribution is -2.40. The Hall–Kier alpha value is 0.180. The summed E-state index contributed by atoms with van der Waals surface area (Å²) in [5.41, 5.74) is 5.97. The van der Waals surface area contributed by atoms with Crippen LogP contribution in [0.5, 0.6) is 0 Å². The van der Waals surface area contributed by atoms with E-state index < -0.39 is 0 Å². The third-order valence-electron chi connectivity index (χ3n) is 2.70. The Bertz CT molecular complexity index is 375. The Labute approximate surface area is 132 Å². The molecule has 0 amide bonds. The molecule has 0 aliphatic carbocycles. The van der Waals surface area contributed by atoms with Crippen molar-refractivity contribution in [1.29, 1.82) is 0 Å². The van der Waals surface area contributed by atoms with Crippen molar-refractivity contribution in [2.45, 2.75) is 25.8 Å². The van der Waals surface area contributed by atoms with Crippen LogP contribution in [-0.4, -0.2) is 23.9 Å². The average Bonchev–Trinajstić information content (AvgIpc) is 2.73. The number of thiophene rings is 1. The molecule has 3 nitrogen and oxygen atoms in total.